The second-order valence-electron chi connectivity index (χ2n) is 4.87. The van der Waals surface area contributed by atoms with E-state index >= 15 is 0 Å². The highest BCUT2D eigenvalue weighted by Crippen LogP contribution is 2.38. The Kier molecular flexibility index (Phi) is 7.06. The number of unbranched alkanes of at least 4 members (excludes halogenated alkanes) is 1. The van der Waals surface area contributed by atoms with Crippen LogP contribution in [0.15, 0.2) is 18.2 Å². The zero-order valence-electron chi connectivity index (χ0n) is 12.4. The SMILES string of the molecule is CCCCOc1ccc(F)cc1C(CC(F)(F)C(F)F)OC. The van der Waals surface area contributed by atoms with Crippen molar-refractivity contribution in [2.45, 2.75) is 44.6 Å². The van der Waals surface area contributed by atoms with E-state index in [2.05, 4.69) is 0 Å². The normalized spacial score (nSPS) is 13.5. The smallest absolute Gasteiger partial charge is 0.310 e. The van der Waals surface area contributed by atoms with Crippen LogP contribution in [0.25, 0.3) is 0 Å². The minimum Gasteiger partial charge on any atom is -0.493 e. The number of ether oxygens (including phenoxy) is 2. The molecule has 22 heavy (non-hydrogen) atoms. The van der Waals surface area contributed by atoms with Crippen LogP contribution in [-0.2, 0) is 4.74 Å². The number of benzene rings is 1. The maximum atomic E-state index is 13.4. The molecule has 1 aromatic carbocycles. The van der Waals surface area contributed by atoms with E-state index in [1.807, 2.05) is 6.92 Å². The first-order chi connectivity index (χ1) is 10.3. The summed E-state index contributed by atoms with van der Waals surface area (Å²) in [5, 5.41) is 0. The van der Waals surface area contributed by atoms with Gasteiger partial charge in [0.1, 0.15) is 11.6 Å². The van der Waals surface area contributed by atoms with Gasteiger partial charge < -0.3 is 9.47 Å². The second-order valence-corrected chi connectivity index (χ2v) is 4.87. The van der Waals surface area contributed by atoms with Crippen LogP contribution in [-0.4, -0.2) is 26.1 Å². The van der Waals surface area contributed by atoms with Crippen LogP contribution in [0.3, 0.4) is 0 Å². The Labute approximate surface area is 126 Å². The van der Waals surface area contributed by atoms with Crippen molar-refractivity contribution in [3.05, 3.63) is 29.6 Å². The highest BCUT2D eigenvalue weighted by atomic mass is 19.3. The molecule has 0 bridgehead atoms. The number of halogens is 5. The van der Waals surface area contributed by atoms with Crippen molar-refractivity contribution >= 4 is 0 Å². The molecule has 0 fully saturated rings. The first kappa shape index (κ1) is 18.7. The van der Waals surface area contributed by atoms with Gasteiger partial charge in [0.15, 0.2) is 0 Å². The molecule has 0 radical (unpaired) electrons. The van der Waals surface area contributed by atoms with Crippen LogP contribution < -0.4 is 4.74 Å². The lowest BCUT2D eigenvalue weighted by Crippen LogP contribution is -2.29. The third-order valence-corrected chi connectivity index (χ3v) is 3.14. The van der Waals surface area contributed by atoms with E-state index in [9.17, 15) is 22.0 Å². The lowest BCUT2D eigenvalue weighted by Gasteiger charge is -2.24. The van der Waals surface area contributed by atoms with Crippen molar-refractivity contribution < 1.29 is 31.4 Å². The molecule has 126 valence electrons. The molecule has 1 atom stereocenters. The molecule has 1 aromatic rings. The van der Waals surface area contributed by atoms with E-state index in [1.165, 1.54) is 6.07 Å². The highest BCUT2D eigenvalue weighted by molar-refractivity contribution is 5.36. The molecule has 1 rings (SSSR count). The van der Waals surface area contributed by atoms with E-state index in [4.69, 9.17) is 9.47 Å². The largest absolute Gasteiger partial charge is 0.493 e. The van der Waals surface area contributed by atoms with Crippen LogP contribution in [0.4, 0.5) is 22.0 Å². The van der Waals surface area contributed by atoms with Crippen molar-refractivity contribution in [3.63, 3.8) is 0 Å². The fourth-order valence-electron chi connectivity index (χ4n) is 1.89. The van der Waals surface area contributed by atoms with Gasteiger partial charge in [-0.15, -0.1) is 0 Å². The number of rotatable bonds is 9. The van der Waals surface area contributed by atoms with Gasteiger partial charge in [-0.25, -0.2) is 22.0 Å². The Hall–Kier alpha value is -1.37. The van der Waals surface area contributed by atoms with Crippen molar-refractivity contribution in [2.75, 3.05) is 13.7 Å². The van der Waals surface area contributed by atoms with Gasteiger partial charge in [-0.3, -0.25) is 0 Å². The van der Waals surface area contributed by atoms with Gasteiger partial charge in [0.2, 0.25) is 0 Å². The fraction of sp³-hybridized carbons (Fsp3) is 0.600. The lowest BCUT2D eigenvalue weighted by molar-refractivity contribution is -0.152. The van der Waals surface area contributed by atoms with Crippen molar-refractivity contribution in [3.8, 4) is 5.75 Å². The molecular formula is C15H19F5O2. The highest BCUT2D eigenvalue weighted by Gasteiger charge is 2.43. The molecule has 0 saturated carbocycles. The molecule has 0 heterocycles. The van der Waals surface area contributed by atoms with Gasteiger partial charge in [0.25, 0.3) is 0 Å². The van der Waals surface area contributed by atoms with Gasteiger partial charge in [-0.05, 0) is 24.6 Å². The quantitative estimate of drug-likeness (QED) is 0.470. The van der Waals surface area contributed by atoms with Crippen molar-refractivity contribution in [1.82, 2.24) is 0 Å². The summed E-state index contributed by atoms with van der Waals surface area (Å²) in [6.45, 7) is 2.26. The summed E-state index contributed by atoms with van der Waals surface area (Å²) in [7, 11) is 1.10. The van der Waals surface area contributed by atoms with Gasteiger partial charge in [0, 0.05) is 19.1 Å². The Morgan fingerprint density at radius 2 is 1.91 bits per heavy atom. The second kappa shape index (κ2) is 8.31. The average Bonchev–Trinajstić information content (AvgIpc) is 2.46. The number of hydrogen-bond donors (Lipinski definition) is 0. The first-order valence-corrected chi connectivity index (χ1v) is 6.92. The predicted octanol–water partition coefficient (Wildman–Crippen LogP) is 4.98. The molecule has 7 heteroatoms. The van der Waals surface area contributed by atoms with Crippen molar-refractivity contribution in [2.24, 2.45) is 0 Å². The monoisotopic (exact) mass is 326 g/mol. The van der Waals surface area contributed by atoms with Crippen LogP contribution >= 0.6 is 0 Å². The molecule has 2 nitrogen and oxygen atoms in total. The van der Waals surface area contributed by atoms with Gasteiger partial charge in [-0.1, -0.05) is 13.3 Å². The van der Waals surface area contributed by atoms with E-state index in [1.54, 1.807) is 0 Å². The maximum absolute atomic E-state index is 13.4. The molecular weight excluding hydrogens is 307 g/mol. The van der Waals surface area contributed by atoms with E-state index < -0.39 is 30.7 Å². The van der Waals surface area contributed by atoms with E-state index in [-0.39, 0.29) is 11.3 Å². The number of methoxy groups -OCH3 is 1. The Balaban J connectivity index is 3.01. The molecule has 0 saturated heterocycles. The molecule has 1 unspecified atom stereocenters. The topological polar surface area (TPSA) is 18.5 Å². The summed E-state index contributed by atoms with van der Waals surface area (Å²) in [5.41, 5.74) is -0.000993. The predicted molar refractivity (Wildman–Crippen MR) is 72.1 cm³/mol. The summed E-state index contributed by atoms with van der Waals surface area (Å²) in [6.07, 6.45) is -4.89. The third-order valence-electron chi connectivity index (χ3n) is 3.14. The summed E-state index contributed by atoms with van der Waals surface area (Å²) in [5.74, 6) is -4.75. The van der Waals surface area contributed by atoms with Gasteiger partial charge in [0.05, 0.1) is 12.7 Å². The Bertz CT molecular complexity index is 465. The zero-order valence-corrected chi connectivity index (χ0v) is 12.4. The fourth-order valence-corrected chi connectivity index (χ4v) is 1.89. The lowest BCUT2D eigenvalue weighted by atomic mass is 10.0. The van der Waals surface area contributed by atoms with Crippen LogP contribution in [0.2, 0.25) is 0 Å². The van der Waals surface area contributed by atoms with Crippen LogP contribution in [0, 0.1) is 5.82 Å². The van der Waals surface area contributed by atoms with E-state index in [0.29, 0.717) is 6.61 Å². The minimum absolute atomic E-state index is 0.000993. The van der Waals surface area contributed by atoms with E-state index in [0.717, 1.165) is 32.1 Å². The minimum atomic E-state index is -4.23. The van der Waals surface area contributed by atoms with Crippen molar-refractivity contribution in [1.29, 1.82) is 0 Å². The van der Waals surface area contributed by atoms with Gasteiger partial charge >= 0.3 is 12.3 Å². The number of alkyl halides is 4. The Morgan fingerprint density at radius 1 is 1.23 bits per heavy atom. The summed E-state index contributed by atoms with van der Waals surface area (Å²) in [4.78, 5) is 0. The molecule has 0 aliphatic heterocycles. The van der Waals surface area contributed by atoms with Gasteiger partial charge in [-0.2, -0.15) is 0 Å². The first-order valence-electron chi connectivity index (χ1n) is 6.92. The van der Waals surface area contributed by atoms with Crippen LogP contribution in [0.5, 0.6) is 5.75 Å². The molecule has 0 aliphatic carbocycles. The molecule has 0 spiro atoms. The number of hydrogen-bond acceptors (Lipinski definition) is 2. The molecule has 0 aliphatic rings. The standard InChI is InChI=1S/C15H19F5O2/c1-3-4-7-22-12-6-5-10(16)8-11(12)13(21-2)9-15(19,20)14(17)18/h5-6,8,13-14H,3-4,7,9H2,1-2H3. The molecule has 0 N–H and O–H groups in total. The molecule has 0 aromatic heterocycles. The van der Waals surface area contributed by atoms with Crippen LogP contribution in [0.1, 0.15) is 37.9 Å². The summed E-state index contributed by atoms with van der Waals surface area (Å²) >= 11 is 0. The third kappa shape index (κ3) is 5.12. The summed E-state index contributed by atoms with van der Waals surface area (Å²) < 4.78 is 74.8. The maximum Gasteiger partial charge on any atom is 0.310 e. The Morgan fingerprint density at radius 3 is 2.45 bits per heavy atom. The zero-order chi connectivity index (χ0) is 16.8. The molecule has 0 amide bonds. The summed E-state index contributed by atoms with van der Waals surface area (Å²) in [6, 6.07) is 3.37. The average molecular weight is 326 g/mol.